The molecule has 0 bridgehead atoms. The Balaban J connectivity index is 1.17. The Bertz CT molecular complexity index is 1840. The number of carbonyl (C=O) groups is 3. The third-order valence-corrected chi connectivity index (χ3v) is 10.00. The van der Waals surface area contributed by atoms with E-state index in [0.29, 0.717) is 48.5 Å². The summed E-state index contributed by atoms with van der Waals surface area (Å²) >= 11 is 0. The van der Waals surface area contributed by atoms with E-state index in [0.717, 1.165) is 22.4 Å². The van der Waals surface area contributed by atoms with Crippen LogP contribution in [-0.2, 0) is 39.4 Å². The Labute approximate surface area is 280 Å². The third-order valence-electron chi connectivity index (χ3n) is 10.00. The topological polar surface area (TPSA) is 108 Å². The number of ether oxygens (including phenoxy) is 2. The van der Waals surface area contributed by atoms with E-state index in [-0.39, 0.29) is 42.7 Å². The zero-order valence-corrected chi connectivity index (χ0v) is 27.1. The maximum absolute atomic E-state index is 14.6. The summed E-state index contributed by atoms with van der Waals surface area (Å²) in [5.74, 6) is -0.166. The zero-order valence-electron chi connectivity index (χ0n) is 27.1. The predicted octanol–water partition coefficient (Wildman–Crippen LogP) is 5.45. The minimum absolute atomic E-state index is 0.0972. The number of aliphatic hydroxyl groups is 1. The number of benzene rings is 4. The van der Waals surface area contributed by atoms with E-state index >= 15 is 0 Å². The van der Waals surface area contributed by atoms with Crippen LogP contribution in [0.3, 0.4) is 0 Å². The molecule has 7 rings (SSSR count). The molecule has 9 nitrogen and oxygen atoms in total. The lowest BCUT2D eigenvalue weighted by Crippen LogP contribution is -2.47. The van der Waals surface area contributed by atoms with Crippen molar-refractivity contribution < 1.29 is 29.0 Å². The number of carbonyl (C=O) groups excluding carboxylic acids is 3. The van der Waals surface area contributed by atoms with Crippen molar-refractivity contribution in [1.29, 1.82) is 0 Å². The summed E-state index contributed by atoms with van der Waals surface area (Å²) in [5, 5.41) is 13.2. The summed E-state index contributed by atoms with van der Waals surface area (Å²) < 4.78 is 12.0. The molecule has 4 aromatic carbocycles. The lowest BCUT2D eigenvalue weighted by Gasteiger charge is -2.36. The average Bonchev–Trinajstić information content (AvgIpc) is 3.56. The fraction of sp³-hybridized carbons (Fsp3) is 0.308. The molecule has 1 spiro atoms. The molecule has 3 heterocycles. The number of anilines is 2. The van der Waals surface area contributed by atoms with Crippen LogP contribution in [0.1, 0.15) is 52.4 Å². The van der Waals surface area contributed by atoms with Gasteiger partial charge >= 0.3 is 0 Å². The molecule has 0 aromatic heterocycles. The van der Waals surface area contributed by atoms with Crippen LogP contribution >= 0.6 is 0 Å². The normalized spacial score (nSPS) is 22.8. The van der Waals surface area contributed by atoms with Crippen molar-refractivity contribution in [3.63, 3.8) is 0 Å². The van der Waals surface area contributed by atoms with Crippen LogP contribution in [-0.4, -0.2) is 53.6 Å². The highest BCUT2D eigenvalue weighted by molar-refractivity contribution is 6.09. The standard InChI is InChI=1S/C39H39N3O6/c1-25-18-33(21-36(44)41-23-29-11-7-6-10-28(29)19-31(41)24-43)48-39(25)34-20-30(40-37(45)27-12-15-32(47-2)16-13-27)14-17-35(34)42(38(39)46)22-26-8-4-3-5-9-26/h3-17,20,25,31,33,43H,18-19,21-24H2,1-2H3,(H,40,45)/t25-,31+,33-,39+/m1/s1. The van der Waals surface area contributed by atoms with Gasteiger partial charge in [-0.15, -0.1) is 0 Å². The summed E-state index contributed by atoms with van der Waals surface area (Å²) in [5.41, 5.74) is 4.29. The van der Waals surface area contributed by atoms with Crippen LogP contribution < -0.4 is 15.0 Å². The molecule has 3 aliphatic heterocycles. The second kappa shape index (κ2) is 12.9. The number of fused-ring (bicyclic) bond motifs is 3. The number of rotatable bonds is 8. The first-order valence-corrected chi connectivity index (χ1v) is 16.4. The zero-order chi connectivity index (χ0) is 33.4. The van der Waals surface area contributed by atoms with Crippen LogP contribution in [0.5, 0.6) is 5.75 Å². The van der Waals surface area contributed by atoms with Crippen molar-refractivity contribution in [2.75, 3.05) is 23.9 Å². The number of nitrogens with zero attached hydrogens (tertiary/aromatic N) is 2. The summed E-state index contributed by atoms with van der Waals surface area (Å²) in [4.78, 5) is 45.1. The molecule has 48 heavy (non-hydrogen) atoms. The highest BCUT2D eigenvalue weighted by Crippen LogP contribution is 2.54. The summed E-state index contributed by atoms with van der Waals surface area (Å²) in [7, 11) is 1.57. The minimum Gasteiger partial charge on any atom is -0.497 e. The SMILES string of the molecule is COc1ccc(C(=O)Nc2ccc3c(c2)[C@]2(O[C@@H](CC(=O)N4Cc5ccccc5C[C@H]4CO)C[C@H]2C)C(=O)N3Cc2ccccc2)cc1. The summed E-state index contributed by atoms with van der Waals surface area (Å²) in [6.07, 6.45) is 0.692. The van der Waals surface area contributed by atoms with Crippen molar-refractivity contribution in [3.8, 4) is 5.75 Å². The highest BCUT2D eigenvalue weighted by atomic mass is 16.5. The molecule has 1 fully saturated rings. The van der Waals surface area contributed by atoms with Crippen molar-refractivity contribution in [3.05, 3.63) is 125 Å². The van der Waals surface area contributed by atoms with E-state index in [9.17, 15) is 19.5 Å². The lowest BCUT2D eigenvalue weighted by atomic mass is 9.82. The van der Waals surface area contributed by atoms with Gasteiger partial charge in [0.15, 0.2) is 5.60 Å². The molecule has 0 saturated carbocycles. The largest absolute Gasteiger partial charge is 0.497 e. The molecule has 4 atom stereocenters. The van der Waals surface area contributed by atoms with E-state index in [1.165, 1.54) is 0 Å². The van der Waals surface area contributed by atoms with Crippen LogP contribution in [0.4, 0.5) is 11.4 Å². The van der Waals surface area contributed by atoms with E-state index in [2.05, 4.69) is 5.32 Å². The van der Waals surface area contributed by atoms with Crippen molar-refractivity contribution in [2.45, 2.75) is 57.0 Å². The fourth-order valence-corrected chi connectivity index (χ4v) is 7.50. The van der Waals surface area contributed by atoms with Crippen LogP contribution in [0, 0.1) is 5.92 Å². The first-order chi connectivity index (χ1) is 23.3. The molecule has 3 amide bonds. The maximum Gasteiger partial charge on any atom is 0.264 e. The molecule has 1 saturated heterocycles. The molecule has 0 radical (unpaired) electrons. The first-order valence-electron chi connectivity index (χ1n) is 16.4. The number of nitrogens with one attached hydrogen (secondary N) is 1. The van der Waals surface area contributed by atoms with Gasteiger partial charge < -0.3 is 29.7 Å². The van der Waals surface area contributed by atoms with Crippen molar-refractivity contribution in [1.82, 2.24) is 4.90 Å². The maximum atomic E-state index is 14.6. The van der Waals surface area contributed by atoms with E-state index in [4.69, 9.17) is 9.47 Å². The Hall–Kier alpha value is -4.99. The van der Waals surface area contributed by atoms with Gasteiger partial charge in [-0.1, -0.05) is 61.5 Å². The third kappa shape index (κ3) is 5.63. The van der Waals surface area contributed by atoms with E-state index in [1.54, 1.807) is 47.2 Å². The van der Waals surface area contributed by atoms with Crippen LogP contribution in [0.25, 0.3) is 0 Å². The van der Waals surface area contributed by atoms with Gasteiger partial charge in [-0.05, 0) is 72.0 Å². The van der Waals surface area contributed by atoms with E-state index in [1.807, 2.05) is 73.7 Å². The van der Waals surface area contributed by atoms with Gasteiger partial charge in [-0.2, -0.15) is 0 Å². The average molecular weight is 646 g/mol. The number of hydrogen-bond acceptors (Lipinski definition) is 6. The van der Waals surface area contributed by atoms with Crippen LogP contribution in [0.15, 0.2) is 97.1 Å². The van der Waals surface area contributed by atoms with Gasteiger partial charge in [0.1, 0.15) is 5.75 Å². The molecule has 3 aliphatic rings. The Morgan fingerprint density at radius 2 is 1.71 bits per heavy atom. The van der Waals surface area contributed by atoms with Gasteiger partial charge in [0.2, 0.25) is 5.91 Å². The Morgan fingerprint density at radius 3 is 2.44 bits per heavy atom. The Morgan fingerprint density at radius 1 is 0.979 bits per heavy atom. The molecule has 9 heteroatoms. The molecule has 2 N–H and O–H groups in total. The van der Waals surface area contributed by atoms with Gasteiger partial charge in [0.05, 0.1) is 44.5 Å². The smallest absolute Gasteiger partial charge is 0.264 e. The molecular formula is C39H39N3O6. The molecule has 0 aliphatic carbocycles. The molecular weight excluding hydrogens is 606 g/mol. The van der Waals surface area contributed by atoms with E-state index < -0.39 is 11.7 Å². The molecule has 0 unspecified atom stereocenters. The van der Waals surface area contributed by atoms with Crippen molar-refractivity contribution in [2.24, 2.45) is 5.92 Å². The first kappa shape index (κ1) is 31.6. The summed E-state index contributed by atoms with van der Waals surface area (Å²) in [6.45, 7) is 2.65. The van der Waals surface area contributed by atoms with Crippen molar-refractivity contribution >= 4 is 29.1 Å². The quantitative estimate of drug-likeness (QED) is 0.264. The van der Waals surface area contributed by atoms with Gasteiger partial charge in [0.25, 0.3) is 11.8 Å². The molecule has 246 valence electrons. The number of hydrogen-bond donors (Lipinski definition) is 2. The number of aliphatic hydroxyl groups excluding tert-OH is 1. The second-order valence-electron chi connectivity index (χ2n) is 12.9. The van der Waals surface area contributed by atoms with Gasteiger partial charge in [-0.25, -0.2) is 0 Å². The minimum atomic E-state index is -1.32. The predicted molar refractivity (Wildman–Crippen MR) is 182 cm³/mol. The van der Waals surface area contributed by atoms with Crippen LogP contribution in [0.2, 0.25) is 0 Å². The number of amides is 3. The monoisotopic (exact) mass is 645 g/mol. The Kier molecular flexibility index (Phi) is 8.49. The second-order valence-corrected chi connectivity index (χ2v) is 12.9. The summed E-state index contributed by atoms with van der Waals surface area (Å²) in [6, 6.07) is 29.8. The number of methoxy groups -OCH3 is 1. The highest BCUT2D eigenvalue weighted by Gasteiger charge is 2.60. The molecule has 4 aromatic rings. The van der Waals surface area contributed by atoms with Gasteiger partial charge in [-0.3, -0.25) is 14.4 Å². The van der Waals surface area contributed by atoms with Gasteiger partial charge in [0, 0.05) is 29.3 Å². The fourth-order valence-electron chi connectivity index (χ4n) is 7.50. The lowest BCUT2D eigenvalue weighted by molar-refractivity contribution is -0.151.